The van der Waals surface area contributed by atoms with Gasteiger partial charge in [0.25, 0.3) is 0 Å². The highest BCUT2D eigenvalue weighted by atomic mass is 79.9. The van der Waals surface area contributed by atoms with Crippen molar-refractivity contribution < 1.29 is 17.9 Å². The summed E-state index contributed by atoms with van der Waals surface area (Å²) < 4.78 is 36.6. The summed E-state index contributed by atoms with van der Waals surface area (Å²) >= 11 is 9.88. The number of nitrogens with zero attached hydrogens (tertiary/aromatic N) is 3. The molecule has 1 fully saturated rings. The molecule has 0 atom stereocenters. The van der Waals surface area contributed by atoms with E-state index in [-0.39, 0.29) is 4.90 Å². The Bertz CT molecular complexity index is 1400. The lowest BCUT2D eigenvalue weighted by atomic mass is 10.2. The van der Waals surface area contributed by atoms with E-state index in [2.05, 4.69) is 30.7 Å². The number of sulfonamides is 1. The van der Waals surface area contributed by atoms with Crippen LogP contribution in [0.1, 0.15) is 32.8 Å². The van der Waals surface area contributed by atoms with Gasteiger partial charge in [-0.3, -0.25) is 4.90 Å². The predicted octanol–water partition coefficient (Wildman–Crippen LogP) is 5.48. The number of alkyl carbamates (subject to hydrolysis) is 1. The number of amides is 1. The molecule has 0 spiro atoms. The van der Waals surface area contributed by atoms with E-state index in [1.54, 1.807) is 16.4 Å². The summed E-state index contributed by atoms with van der Waals surface area (Å²) in [7, 11) is -3.62. The average Bonchev–Trinajstić information content (AvgIpc) is 3.17. The fourth-order valence-corrected chi connectivity index (χ4v) is 6.69. The van der Waals surface area contributed by atoms with Crippen molar-refractivity contribution in [2.24, 2.45) is 0 Å². The number of benzene rings is 2. The van der Waals surface area contributed by atoms with Gasteiger partial charge in [0.15, 0.2) is 0 Å². The van der Waals surface area contributed by atoms with Crippen LogP contribution in [0, 0.1) is 0 Å². The summed E-state index contributed by atoms with van der Waals surface area (Å²) in [6.45, 7) is 9.46. The minimum absolute atomic E-state index is 0.287. The van der Waals surface area contributed by atoms with Gasteiger partial charge in [-0.05, 0) is 73.0 Å². The Kier molecular flexibility index (Phi) is 9.09. The van der Waals surface area contributed by atoms with Gasteiger partial charge >= 0.3 is 6.09 Å². The minimum atomic E-state index is -3.62. The molecule has 0 unspecified atom stereocenters. The highest BCUT2D eigenvalue weighted by Gasteiger charge is 2.29. The van der Waals surface area contributed by atoms with Crippen molar-refractivity contribution in [1.82, 2.24) is 19.1 Å². The first-order valence-electron chi connectivity index (χ1n) is 12.7. The molecule has 2 aromatic carbocycles. The molecule has 8 nitrogen and oxygen atoms in total. The highest BCUT2D eigenvalue weighted by molar-refractivity contribution is 9.10. The number of carbonyl (C=O) groups excluding carboxylic acids is 1. The van der Waals surface area contributed by atoms with E-state index in [0.29, 0.717) is 52.2 Å². The number of carbonyl (C=O) groups is 1. The van der Waals surface area contributed by atoms with Crippen molar-refractivity contribution in [2.75, 3.05) is 32.7 Å². The average molecular weight is 626 g/mol. The standard InChI is InChI=1S/C27H34BrClN4O4S/c1-27(2,3)37-26(34)30-11-6-12-32-19-23(28)22-17-21(9-10-25(22)32)38(35,36)33-15-13-31(14-16-33)18-20-7-4-5-8-24(20)29/h4-5,7-10,17,19H,6,11-16,18H2,1-3H3,(H,30,34). The van der Waals surface area contributed by atoms with Crippen molar-refractivity contribution in [3.8, 4) is 0 Å². The van der Waals surface area contributed by atoms with Crippen LogP contribution in [-0.2, 0) is 27.8 Å². The molecule has 1 aliphatic rings. The van der Waals surface area contributed by atoms with Gasteiger partial charge in [-0.25, -0.2) is 13.2 Å². The van der Waals surface area contributed by atoms with Crippen LogP contribution in [-0.4, -0.2) is 66.6 Å². The fraction of sp³-hybridized carbons (Fsp3) is 0.444. The van der Waals surface area contributed by atoms with Crippen LogP contribution in [0.4, 0.5) is 4.79 Å². The van der Waals surface area contributed by atoms with Gasteiger partial charge in [0.2, 0.25) is 10.0 Å². The minimum Gasteiger partial charge on any atom is -0.444 e. The van der Waals surface area contributed by atoms with Crippen LogP contribution >= 0.6 is 27.5 Å². The monoisotopic (exact) mass is 624 g/mol. The number of aryl methyl sites for hydroxylation is 1. The van der Waals surface area contributed by atoms with Gasteiger partial charge in [0.05, 0.1) is 4.90 Å². The molecule has 1 saturated heterocycles. The Labute approximate surface area is 238 Å². The van der Waals surface area contributed by atoms with Gasteiger partial charge in [0, 0.05) is 72.4 Å². The van der Waals surface area contributed by atoms with E-state index in [4.69, 9.17) is 16.3 Å². The van der Waals surface area contributed by atoms with Gasteiger partial charge < -0.3 is 14.6 Å². The van der Waals surface area contributed by atoms with E-state index in [1.165, 1.54) is 0 Å². The number of piperazine rings is 1. The molecule has 1 aliphatic heterocycles. The molecule has 0 radical (unpaired) electrons. The van der Waals surface area contributed by atoms with Gasteiger partial charge in [-0.1, -0.05) is 29.8 Å². The molecule has 0 bridgehead atoms. The van der Waals surface area contributed by atoms with E-state index >= 15 is 0 Å². The second-order valence-corrected chi connectivity index (χ2v) is 13.6. The maximum Gasteiger partial charge on any atom is 0.407 e. The zero-order valence-electron chi connectivity index (χ0n) is 21.9. The molecule has 0 saturated carbocycles. The number of nitrogens with one attached hydrogen (secondary N) is 1. The van der Waals surface area contributed by atoms with Crippen LogP contribution in [0.5, 0.6) is 0 Å². The van der Waals surface area contributed by atoms with Gasteiger partial charge in [-0.2, -0.15) is 4.31 Å². The quantitative estimate of drug-likeness (QED) is 0.336. The normalized spacial score (nSPS) is 15.6. The van der Waals surface area contributed by atoms with Crippen molar-refractivity contribution >= 4 is 54.6 Å². The molecule has 4 rings (SSSR count). The summed E-state index contributed by atoms with van der Waals surface area (Å²) in [5.41, 5.74) is 1.44. The van der Waals surface area contributed by atoms with Crippen LogP contribution in [0.15, 0.2) is 58.0 Å². The van der Waals surface area contributed by atoms with E-state index in [1.807, 2.05) is 57.3 Å². The van der Waals surface area contributed by atoms with Crippen LogP contribution in [0.25, 0.3) is 10.9 Å². The number of fused-ring (bicyclic) bond motifs is 1. The number of hydrogen-bond donors (Lipinski definition) is 1. The highest BCUT2D eigenvalue weighted by Crippen LogP contribution is 2.30. The Morgan fingerprint density at radius 2 is 1.82 bits per heavy atom. The van der Waals surface area contributed by atoms with E-state index < -0.39 is 21.7 Å². The fourth-order valence-electron chi connectivity index (χ4n) is 4.48. The summed E-state index contributed by atoms with van der Waals surface area (Å²) in [5.74, 6) is 0. The topological polar surface area (TPSA) is 83.9 Å². The third-order valence-corrected chi connectivity index (χ3v) is 9.26. The lowest BCUT2D eigenvalue weighted by Gasteiger charge is -2.34. The number of ether oxygens (including phenoxy) is 1. The zero-order valence-corrected chi connectivity index (χ0v) is 25.1. The zero-order chi connectivity index (χ0) is 27.5. The molecule has 2 heterocycles. The second kappa shape index (κ2) is 12.0. The SMILES string of the molecule is CC(C)(C)OC(=O)NCCCn1cc(Br)c2cc(S(=O)(=O)N3CCN(Cc4ccccc4Cl)CC3)ccc21. The lowest BCUT2D eigenvalue weighted by molar-refractivity contribution is 0.0526. The Morgan fingerprint density at radius 3 is 2.50 bits per heavy atom. The summed E-state index contributed by atoms with van der Waals surface area (Å²) in [4.78, 5) is 14.4. The van der Waals surface area contributed by atoms with Crippen molar-refractivity contribution in [1.29, 1.82) is 0 Å². The Balaban J connectivity index is 1.37. The first-order valence-corrected chi connectivity index (χ1v) is 15.3. The first kappa shape index (κ1) is 28.9. The number of hydrogen-bond acceptors (Lipinski definition) is 5. The number of aromatic nitrogens is 1. The smallest absolute Gasteiger partial charge is 0.407 e. The molecule has 1 N–H and O–H groups in total. The molecule has 1 aromatic heterocycles. The molecule has 38 heavy (non-hydrogen) atoms. The predicted molar refractivity (Wildman–Crippen MR) is 154 cm³/mol. The number of rotatable bonds is 8. The van der Waals surface area contributed by atoms with Crippen molar-refractivity contribution in [2.45, 2.75) is 50.8 Å². The van der Waals surface area contributed by atoms with Crippen molar-refractivity contribution in [3.05, 3.63) is 63.7 Å². The maximum absolute atomic E-state index is 13.5. The third kappa shape index (κ3) is 7.09. The molecule has 206 valence electrons. The van der Waals surface area contributed by atoms with Crippen LogP contribution < -0.4 is 5.32 Å². The third-order valence-electron chi connectivity index (χ3n) is 6.37. The molecular weight excluding hydrogens is 592 g/mol. The molecule has 1 amide bonds. The molecule has 0 aliphatic carbocycles. The van der Waals surface area contributed by atoms with E-state index in [9.17, 15) is 13.2 Å². The summed E-state index contributed by atoms with van der Waals surface area (Å²) in [5, 5.41) is 4.33. The first-order chi connectivity index (χ1) is 17.9. The summed E-state index contributed by atoms with van der Waals surface area (Å²) in [6.07, 6.45) is 2.21. The van der Waals surface area contributed by atoms with Gasteiger partial charge in [-0.15, -0.1) is 0 Å². The molecule has 11 heteroatoms. The molecule has 3 aromatic rings. The largest absolute Gasteiger partial charge is 0.444 e. The molecular formula is C27H34BrClN4O4S. The second-order valence-electron chi connectivity index (χ2n) is 10.4. The van der Waals surface area contributed by atoms with E-state index in [0.717, 1.165) is 26.0 Å². The Hall–Kier alpha value is -2.11. The lowest BCUT2D eigenvalue weighted by Crippen LogP contribution is -2.48. The number of halogens is 2. The van der Waals surface area contributed by atoms with Crippen molar-refractivity contribution in [3.63, 3.8) is 0 Å². The van der Waals surface area contributed by atoms with Gasteiger partial charge in [0.1, 0.15) is 5.60 Å². The Morgan fingerprint density at radius 1 is 1.11 bits per heavy atom. The van der Waals surface area contributed by atoms with Crippen LogP contribution in [0.3, 0.4) is 0 Å². The maximum atomic E-state index is 13.5. The van der Waals surface area contributed by atoms with Crippen LogP contribution in [0.2, 0.25) is 5.02 Å². The summed E-state index contributed by atoms with van der Waals surface area (Å²) in [6, 6.07) is 13.0.